The van der Waals surface area contributed by atoms with E-state index in [2.05, 4.69) is 10.1 Å². The maximum atomic E-state index is 15.3. The fraction of sp³-hybridized carbons (Fsp3) is 0.571. The van der Waals surface area contributed by atoms with Gasteiger partial charge in [0.25, 0.3) is 0 Å². The Bertz CT molecular complexity index is 1420. The van der Waals surface area contributed by atoms with E-state index < -0.39 is 62.9 Å². The summed E-state index contributed by atoms with van der Waals surface area (Å²) < 4.78 is 52.7. The quantitative estimate of drug-likeness (QED) is 0.210. The first-order valence-electron chi connectivity index (χ1n) is 14.3. The second kappa shape index (κ2) is 14.4. The molecular weight excluding hydrogens is 641 g/mol. The SMILES string of the molecule is CC(C)OC(=O)[C@H](C)N[P+](O)(OC[C@H]1OC(n2ccc(CC(=O)[C@@H]3CCCN3C)nc2=O)C(F)(F)[C@@H]1O)Oc1ccc(Cl)cc1. The van der Waals surface area contributed by atoms with Crippen molar-refractivity contribution in [1.82, 2.24) is 19.5 Å². The summed E-state index contributed by atoms with van der Waals surface area (Å²) in [5.74, 6) is -4.80. The van der Waals surface area contributed by atoms with Gasteiger partial charge in [-0.3, -0.25) is 23.6 Å². The van der Waals surface area contributed by atoms with Crippen molar-refractivity contribution in [3.8, 4) is 5.75 Å². The molecule has 0 saturated carbocycles. The van der Waals surface area contributed by atoms with Crippen molar-refractivity contribution in [3.05, 3.63) is 57.7 Å². The van der Waals surface area contributed by atoms with Crippen LogP contribution < -0.4 is 15.3 Å². The minimum absolute atomic E-state index is 0.0685. The van der Waals surface area contributed by atoms with Gasteiger partial charge in [0.2, 0.25) is 6.23 Å². The van der Waals surface area contributed by atoms with Gasteiger partial charge in [0, 0.05) is 11.2 Å². The number of ketones is 1. The van der Waals surface area contributed by atoms with E-state index in [9.17, 15) is 24.4 Å². The largest absolute Gasteiger partial charge is 0.544 e. The number of rotatable bonds is 13. The third-order valence-corrected chi connectivity index (χ3v) is 9.21. The van der Waals surface area contributed by atoms with Crippen LogP contribution in [0.4, 0.5) is 8.78 Å². The van der Waals surface area contributed by atoms with Crippen LogP contribution in [0.1, 0.15) is 45.5 Å². The van der Waals surface area contributed by atoms with Gasteiger partial charge in [0.15, 0.2) is 17.6 Å². The fourth-order valence-electron chi connectivity index (χ4n) is 4.98. The molecule has 2 unspecified atom stereocenters. The monoisotopic (exact) mass is 677 g/mol. The molecule has 45 heavy (non-hydrogen) atoms. The highest BCUT2D eigenvalue weighted by Crippen LogP contribution is 2.54. The van der Waals surface area contributed by atoms with Gasteiger partial charge in [-0.1, -0.05) is 16.7 Å². The molecule has 2 aliphatic heterocycles. The number of nitrogens with zero attached hydrogens (tertiary/aromatic N) is 3. The molecule has 6 atom stereocenters. The third kappa shape index (κ3) is 8.60. The lowest BCUT2D eigenvalue weighted by Crippen LogP contribution is -2.42. The number of likely N-dealkylation sites (tertiary alicyclic amines) is 1. The maximum absolute atomic E-state index is 15.3. The molecule has 4 rings (SSSR count). The zero-order valence-electron chi connectivity index (χ0n) is 25.1. The average Bonchev–Trinajstić information content (AvgIpc) is 3.48. The molecule has 1 aromatic carbocycles. The number of esters is 1. The van der Waals surface area contributed by atoms with Crippen molar-refractivity contribution in [2.75, 3.05) is 20.2 Å². The second-order valence-corrected chi connectivity index (χ2v) is 13.4. The summed E-state index contributed by atoms with van der Waals surface area (Å²) in [5.41, 5.74) is -0.985. The van der Waals surface area contributed by atoms with Crippen LogP contribution in [0, 0.1) is 0 Å². The van der Waals surface area contributed by atoms with E-state index in [-0.39, 0.29) is 29.7 Å². The average molecular weight is 678 g/mol. The van der Waals surface area contributed by atoms with Crippen LogP contribution in [-0.2, 0) is 30.0 Å². The number of aromatic nitrogens is 2. The van der Waals surface area contributed by atoms with Crippen molar-refractivity contribution < 1.29 is 46.9 Å². The van der Waals surface area contributed by atoms with Crippen LogP contribution in [0.2, 0.25) is 5.02 Å². The Morgan fingerprint density at radius 3 is 2.53 bits per heavy atom. The lowest BCUT2D eigenvalue weighted by molar-refractivity contribution is -0.149. The minimum atomic E-state index is -4.26. The number of benzene rings is 1. The van der Waals surface area contributed by atoms with Crippen molar-refractivity contribution in [3.63, 3.8) is 0 Å². The number of ether oxygens (including phenoxy) is 2. The van der Waals surface area contributed by atoms with E-state index in [0.29, 0.717) is 16.0 Å². The Balaban J connectivity index is 1.48. The molecule has 0 bridgehead atoms. The predicted molar refractivity (Wildman–Crippen MR) is 159 cm³/mol. The normalized spacial score (nSPS) is 25.2. The lowest BCUT2D eigenvalue weighted by atomic mass is 10.1. The van der Waals surface area contributed by atoms with Gasteiger partial charge < -0.3 is 14.6 Å². The molecule has 2 aliphatic rings. The topological polar surface area (TPSA) is 162 Å². The van der Waals surface area contributed by atoms with E-state index in [1.54, 1.807) is 13.8 Å². The van der Waals surface area contributed by atoms with Gasteiger partial charge in [0.05, 0.1) is 24.3 Å². The Morgan fingerprint density at radius 2 is 1.93 bits per heavy atom. The number of hydrogen-bond donors (Lipinski definition) is 3. The van der Waals surface area contributed by atoms with Crippen LogP contribution in [0.5, 0.6) is 5.75 Å². The summed E-state index contributed by atoms with van der Waals surface area (Å²) in [6, 6.07) is 5.56. The summed E-state index contributed by atoms with van der Waals surface area (Å²) in [4.78, 5) is 54.8. The molecule has 0 spiro atoms. The highest BCUT2D eigenvalue weighted by molar-refractivity contribution is 7.58. The summed E-state index contributed by atoms with van der Waals surface area (Å²) in [5, 5.41) is 13.4. The van der Waals surface area contributed by atoms with Gasteiger partial charge in [-0.25, -0.2) is 4.79 Å². The third-order valence-electron chi connectivity index (χ3n) is 7.29. The molecule has 2 aromatic rings. The Kier molecular flexibility index (Phi) is 11.3. The van der Waals surface area contributed by atoms with Crippen molar-refractivity contribution in [1.29, 1.82) is 0 Å². The van der Waals surface area contributed by atoms with Crippen LogP contribution >= 0.6 is 19.7 Å². The molecule has 0 amide bonds. The zero-order valence-corrected chi connectivity index (χ0v) is 26.8. The molecule has 2 saturated heterocycles. The van der Waals surface area contributed by atoms with Crippen molar-refractivity contribution in [2.45, 2.75) is 82.6 Å². The Morgan fingerprint density at radius 1 is 1.24 bits per heavy atom. The van der Waals surface area contributed by atoms with Crippen molar-refractivity contribution in [2.24, 2.45) is 0 Å². The summed E-state index contributed by atoms with van der Waals surface area (Å²) in [6.45, 7) is 4.57. The summed E-state index contributed by atoms with van der Waals surface area (Å²) >= 11 is 5.91. The van der Waals surface area contributed by atoms with Crippen molar-refractivity contribution >= 4 is 31.4 Å². The number of aliphatic hydroxyl groups excluding tert-OH is 1. The van der Waals surface area contributed by atoms with Gasteiger partial charge in [-0.15, -0.1) is 0 Å². The van der Waals surface area contributed by atoms with E-state index in [1.807, 2.05) is 11.9 Å². The molecule has 0 aliphatic carbocycles. The summed E-state index contributed by atoms with van der Waals surface area (Å²) in [6.07, 6.45) is -4.52. The first kappa shape index (κ1) is 35.2. The van der Waals surface area contributed by atoms with Crippen LogP contribution in [0.15, 0.2) is 41.3 Å². The molecule has 17 heteroatoms. The highest BCUT2D eigenvalue weighted by Gasteiger charge is 2.61. The molecule has 0 radical (unpaired) electrons. The van der Waals surface area contributed by atoms with E-state index in [4.69, 9.17) is 30.1 Å². The van der Waals surface area contributed by atoms with Crippen LogP contribution in [0.25, 0.3) is 0 Å². The summed E-state index contributed by atoms with van der Waals surface area (Å²) in [7, 11) is -2.43. The van der Waals surface area contributed by atoms with Gasteiger partial charge in [-0.05, 0) is 77.5 Å². The van der Waals surface area contributed by atoms with Gasteiger partial charge in [-0.2, -0.15) is 23.2 Å². The number of carbonyl (C=O) groups is 2. The van der Waals surface area contributed by atoms with Gasteiger partial charge in [0.1, 0.15) is 18.8 Å². The number of likely N-dealkylation sites (N-methyl/N-ethyl adjacent to an activating group) is 1. The molecule has 13 nitrogen and oxygen atoms in total. The van der Waals surface area contributed by atoms with Gasteiger partial charge >= 0.3 is 25.7 Å². The smallest absolute Gasteiger partial charge is 0.462 e. The molecule has 1 aromatic heterocycles. The number of nitrogens with one attached hydrogen (secondary N) is 1. The van der Waals surface area contributed by atoms with E-state index >= 15 is 8.78 Å². The molecular formula is C28H37ClF2N4O9P+. The first-order valence-corrected chi connectivity index (χ1v) is 16.3. The number of halogens is 3. The molecule has 3 N–H and O–H groups in total. The lowest BCUT2D eigenvalue weighted by Gasteiger charge is -2.22. The van der Waals surface area contributed by atoms with E-state index in [0.717, 1.165) is 19.2 Å². The van der Waals surface area contributed by atoms with Crippen LogP contribution in [0.3, 0.4) is 0 Å². The zero-order chi connectivity index (χ0) is 33.1. The number of Topliss-reactive ketones (excluding diaryl/α,β-unsaturated/α-hetero) is 1. The minimum Gasteiger partial charge on any atom is -0.462 e. The Hall–Kier alpha value is -2.62. The molecule has 2 fully saturated rings. The number of aliphatic hydroxyl groups is 1. The first-order chi connectivity index (χ1) is 21.1. The number of alkyl halides is 2. The number of hydrogen-bond acceptors (Lipinski definition) is 12. The molecule has 248 valence electrons. The Labute approximate surface area is 264 Å². The van der Waals surface area contributed by atoms with Crippen LogP contribution in [-0.4, -0.2) is 92.7 Å². The molecule has 3 heterocycles. The van der Waals surface area contributed by atoms with E-state index in [1.165, 1.54) is 37.3 Å². The fourth-order valence-corrected chi connectivity index (χ4v) is 6.64. The highest BCUT2D eigenvalue weighted by atomic mass is 35.5. The predicted octanol–water partition coefficient (Wildman–Crippen LogP) is 2.69. The maximum Gasteiger partial charge on any atom is 0.544 e. The second-order valence-electron chi connectivity index (χ2n) is 11.2. The standard InChI is InChI=1S/C28H37ClF2N4O9P/c1-16(2)42-25(38)17(3)33-45(40,44-20-9-7-18(29)8-10-20)41-15-23-24(37)28(30,31)26(43-23)35-13-11-19(32-27(35)39)14-22(36)21-6-5-12-34(21)4/h7-11,13,16-17,21,23-24,26,33,37,40H,5-6,12,14-15H2,1-4H3/q+1/t17-,21-,23+,24+,26?,45?/m0/s1. The number of carbonyl (C=O) groups excluding carboxylic acids is 2.